The van der Waals surface area contributed by atoms with Crippen molar-refractivity contribution >= 4 is 23.3 Å². The summed E-state index contributed by atoms with van der Waals surface area (Å²) in [5.74, 6) is -0.349. The second-order valence-electron chi connectivity index (χ2n) is 6.50. The summed E-state index contributed by atoms with van der Waals surface area (Å²) in [6.07, 6.45) is 0. The minimum atomic E-state index is -0.349. The lowest BCUT2D eigenvalue weighted by Gasteiger charge is -2.36. The van der Waals surface area contributed by atoms with Crippen molar-refractivity contribution in [2.45, 2.75) is 20.4 Å². The van der Waals surface area contributed by atoms with Gasteiger partial charge in [-0.15, -0.1) is 0 Å². The molecule has 6 nitrogen and oxygen atoms in total. The van der Waals surface area contributed by atoms with E-state index in [2.05, 4.69) is 15.3 Å². The van der Waals surface area contributed by atoms with Gasteiger partial charge in [-0.05, 0) is 32.0 Å². The normalized spacial score (nSPS) is 14.7. The first-order valence-corrected chi connectivity index (χ1v) is 8.96. The molecule has 0 unspecified atom stereocenters. The van der Waals surface area contributed by atoms with E-state index < -0.39 is 0 Å². The standard InChI is InChI=1S/C18H23ClFN5O/c1-12-15(13(2)23(3)22-12)11-21-18(26)25-8-6-24(7-9-25)17-5-4-14(20)10-16(17)19/h4-5,10H,6-9,11H2,1-3H3,(H,21,26). The Morgan fingerprint density at radius 2 is 1.96 bits per heavy atom. The van der Waals surface area contributed by atoms with E-state index in [4.69, 9.17) is 11.6 Å². The molecule has 3 rings (SSSR count). The summed E-state index contributed by atoms with van der Waals surface area (Å²) in [4.78, 5) is 16.3. The van der Waals surface area contributed by atoms with E-state index in [0.717, 1.165) is 22.6 Å². The van der Waals surface area contributed by atoms with Gasteiger partial charge in [-0.2, -0.15) is 5.10 Å². The number of aromatic nitrogens is 2. The van der Waals surface area contributed by atoms with Gasteiger partial charge < -0.3 is 15.1 Å². The molecular formula is C18H23ClFN5O. The fourth-order valence-electron chi connectivity index (χ4n) is 3.24. The van der Waals surface area contributed by atoms with E-state index in [0.29, 0.717) is 37.7 Å². The van der Waals surface area contributed by atoms with Crippen LogP contribution in [0.4, 0.5) is 14.9 Å². The minimum Gasteiger partial charge on any atom is -0.367 e. The number of carbonyl (C=O) groups is 1. The zero-order valence-corrected chi connectivity index (χ0v) is 16.0. The van der Waals surface area contributed by atoms with E-state index in [9.17, 15) is 9.18 Å². The first kappa shape index (κ1) is 18.5. The third-order valence-corrected chi connectivity index (χ3v) is 5.20. The van der Waals surface area contributed by atoms with Gasteiger partial charge in [-0.3, -0.25) is 4.68 Å². The third kappa shape index (κ3) is 3.77. The number of piperazine rings is 1. The van der Waals surface area contributed by atoms with E-state index in [-0.39, 0.29) is 11.8 Å². The highest BCUT2D eigenvalue weighted by Gasteiger charge is 2.23. The Bertz CT molecular complexity index is 814. The summed E-state index contributed by atoms with van der Waals surface area (Å²) < 4.78 is 15.0. The van der Waals surface area contributed by atoms with Gasteiger partial charge in [0.05, 0.1) is 16.4 Å². The zero-order chi connectivity index (χ0) is 18.8. The largest absolute Gasteiger partial charge is 0.367 e. The van der Waals surface area contributed by atoms with Crippen LogP contribution >= 0.6 is 11.6 Å². The highest BCUT2D eigenvalue weighted by molar-refractivity contribution is 6.33. The number of urea groups is 1. The summed E-state index contributed by atoms with van der Waals surface area (Å²) in [5.41, 5.74) is 3.84. The van der Waals surface area contributed by atoms with Crippen molar-refractivity contribution < 1.29 is 9.18 Å². The molecule has 8 heteroatoms. The molecule has 1 aliphatic rings. The van der Waals surface area contributed by atoms with Crippen molar-refractivity contribution in [1.82, 2.24) is 20.0 Å². The molecule has 1 aromatic heterocycles. The van der Waals surface area contributed by atoms with Crippen LogP contribution in [0, 0.1) is 19.7 Å². The van der Waals surface area contributed by atoms with Crippen molar-refractivity contribution in [2.24, 2.45) is 7.05 Å². The van der Waals surface area contributed by atoms with Crippen LogP contribution in [0.1, 0.15) is 17.0 Å². The SMILES string of the molecule is Cc1nn(C)c(C)c1CNC(=O)N1CCN(c2ccc(F)cc2Cl)CC1. The van der Waals surface area contributed by atoms with E-state index >= 15 is 0 Å². The van der Waals surface area contributed by atoms with Crippen molar-refractivity contribution in [2.75, 3.05) is 31.1 Å². The molecule has 1 aromatic carbocycles. The van der Waals surface area contributed by atoms with Crippen LogP contribution in [0.2, 0.25) is 5.02 Å². The molecule has 2 heterocycles. The van der Waals surface area contributed by atoms with E-state index in [1.807, 2.05) is 25.6 Å². The van der Waals surface area contributed by atoms with Crippen LogP contribution in [0.3, 0.4) is 0 Å². The van der Waals surface area contributed by atoms with Gasteiger partial charge in [0.15, 0.2) is 0 Å². The Balaban J connectivity index is 1.55. The van der Waals surface area contributed by atoms with Crippen molar-refractivity contribution in [3.63, 3.8) is 0 Å². The summed E-state index contributed by atoms with van der Waals surface area (Å²) in [5, 5.41) is 7.74. The second-order valence-corrected chi connectivity index (χ2v) is 6.91. The molecule has 1 fully saturated rings. The zero-order valence-electron chi connectivity index (χ0n) is 15.2. The number of carbonyl (C=O) groups excluding carboxylic acids is 1. The first-order chi connectivity index (χ1) is 12.4. The lowest BCUT2D eigenvalue weighted by Crippen LogP contribution is -2.51. The summed E-state index contributed by atoms with van der Waals surface area (Å²) in [6.45, 7) is 6.89. The smallest absolute Gasteiger partial charge is 0.317 e. The number of nitrogens with one attached hydrogen (secondary N) is 1. The van der Waals surface area contributed by atoms with Crippen molar-refractivity contribution in [3.05, 3.63) is 46.0 Å². The lowest BCUT2D eigenvalue weighted by atomic mass is 10.2. The molecule has 1 saturated heterocycles. The second kappa shape index (κ2) is 7.53. The lowest BCUT2D eigenvalue weighted by molar-refractivity contribution is 0.194. The van der Waals surface area contributed by atoms with Gasteiger partial charge in [-0.1, -0.05) is 11.6 Å². The number of hydrogen-bond acceptors (Lipinski definition) is 3. The van der Waals surface area contributed by atoms with Crippen LogP contribution in [0.5, 0.6) is 0 Å². The molecule has 2 amide bonds. The van der Waals surface area contributed by atoms with Crippen LogP contribution in [0.25, 0.3) is 0 Å². The number of halogens is 2. The monoisotopic (exact) mass is 379 g/mol. The van der Waals surface area contributed by atoms with Crippen molar-refractivity contribution in [3.8, 4) is 0 Å². The Morgan fingerprint density at radius 1 is 1.27 bits per heavy atom. The predicted octanol–water partition coefficient (Wildman–Crippen LogP) is 2.86. The van der Waals surface area contributed by atoms with Gasteiger partial charge >= 0.3 is 6.03 Å². The first-order valence-electron chi connectivity index (χ1n) is 8.58. The number of amides is 2. The Morgan fingerprint density at radius 3 is 2.54 bits per heavy atom. The molecule has 26 heavy (non-hydrogen) atoms. The number of rotatable bonds is 3. The number of aryl methyl sites for hydroxylation is 2. The molecule has 0 atom stereocenters. The van der Waals surface area contributed by atoms with Gasteiger partial charge in [0, 0.05) is 51.0 Å². The maximum absolute atomic E-state index is 13.2. The molecule has 0 radical (unpaired) electrons. The number of nitrogens with zero attached hydrogens (tertiary/aromatic N) is 4. The van der Waals surface area contributed by atoms with Crippen LogP contribution in [-0.4, -0.2) is 46.9 Å². The van der Waals surface area contributed by atoms with E-state index in [1.165, 1.54) is 12.1 Å². The van der Waals surface area contributed by atoms with Gasteiger partial charge in [0.1, 0.15) is 5.82 Å². The topological polar surface area (TPSA) is 53.4 Å². The van der Waals surface area contributed by atoms with Crippen LogP contribution in [-0.2, 0) is 13.6 Å². The molecule has 1 N–H and O–H groups in total. The highest BCUT2D eigenvalue weighted by atomic mass is 35.5. The van der Waals surface area contributed by atoms with Gasteiger partial charge in [0.2, 0.25) is 0 Å². The van der Waals surface area contributed by atoms with E-state index in [1.54, 1.807) is 11.0 Å². The molecule has 1 aliphatic heterocycles. The minimum absolute atomic E-state index is 0.0856. The molecule has 0 bridgehead atoms. The average Bonchev–Trinajstić information content (AvgIpc) is 2.85. The highest BCUT2D eigenvalue weighted by Crippen LogP contribution is 2.27. The molecule has 0 aliphatic carbocycles. The molecule has 140 valence electrons. The Kier molecular flexibility index (Phi) is 5.36. The predicted molar refractivity (Wildman–Crippen MR) is 100 cm³/mol. The third-order valence-electron chi connectivity index (χ3n) is 4.89. The summed E-state index contributed by atoms with van der Waals surface area (Å²) in [6, 6.07) is 4.31. The molecule has 0 saturated carbocycles. The number of hydrogen-bond donors (Lipinski definition) is 1. The van der Waals surface area contributed by atoms with Crippen molar-refractivity contribution in [1.29, 1.82) is 0 Å². The fraction of sp³-hybridized carbons (Fsp3) is 0.444. The van der Waals surface area contributed by atoms with Gasteiger partial charge in [-0.25, -0.2) is 9.18 Å². The quantitative estimate of drug-likeness (QED) is 0.892. The number of benzene rings is 1. The molecular weight excluding hydrogens is 357 g/mol. The van der Waals surface area contributed by atoms with Gasteiger partial charge in [0.25, 0.3) is 0 Å². The maximum atomic E-state index is 13.2. The summed E-state index contributed by atoms with van der Waals surface area (Å²) >= 11 is 6.13. The summed E-state index contributed by atoms with van der Waals surface area (Å²) in [7, 11) is 1.90. The molecule has 2 aromatic rings. The Labute approximate surface area is 157 Å². The Hall–Kier alpha value is -2.28. The van der Waals surface area contributed by atoms with Crippen LogP contribution < -0.4 is 10.2 Å². The average molecular weight is 380 g/mol. The molecule has 0 spiro atoms. The van der Waals surface area contributed by atoms with Crippen LogP contribution in [0.15, 0.2) is 18.2 Å². The fourth-order valence-corrected chi connectivity index (χ4v) is 3.52. The maximum Gasteiger partial charge on any atom is 0.317 e. The number of anilines is 1.